The lowest BCUT2D eigenvalue weighted by molar-refractivity contribution is -0.276. The predicted octanol–water partition coefficient (Wildman–Crippen LogP) is 5.11. The maximum atomic E-state index is 13.3. The van der Waals surface area contributed by atoms with Gasteiger partial charge in [0.1, 0.15) is 11.3 Å². The van der Waals surface area contributed by atoms with Crippen LogP contribution in [0.15, 0.2) is 54.3 Å². The highest BCUT2D eigenvalue weighted by Gasteiger charge is 2.50. The second-order valence-corrected chi connectivity index (χ2v) is 7.99. The molecule has 0 saturated carbocycles. The Bertz CT molecular complexity index is 1000. The lowest BCUT2D eigenvalue weighted by atomic mass is 9.99. The molecule has 2 aromatic carbocycles. The summed E-state index contributed by atoms with van der Waals surface area (Å²) in [4.78, 5) is 31.8. The molecule has 1 atom stereocenters. The van der Waals surface area contributed by atoms with Gasteiger partial charge in [-0.1, -0.05) is 47.5 Å². The molecule has 0 fully saturated rings. The zero-order valence-electron chi connectivity index (χ0n) is 16.9. The predicted molar refractivity (Wildman–Crippen MR) is 114 cm³/mol. The van der Waals surface area contributed by atoms with Crippen molar-refractivity contribution in [1.82, 2.24) is 5.06 Å². The van der Waals surface area contributed by atoms with Gasteiger partial charge in [0, 0.05) is 17.7 Å². The molecule has 3 rings (SSSR count). The van der Waals surface area contributed by atoms with E-state index in [0.717, 1.165) is 5.06 Å². The van der Waals surface area contributed by atoms with Crippen molar-refractivity contribution in [1.29, 1.82) is 0 Å². The number of carbonyl (C=O) groups excluding carboxylic acids is 2. The molecule has 30 heavy (non-hydrogen) atoms. The molecule has 0 aromatic heterocycles. The number of hydrogen-bond acceptors (Lipinski definition) is 5. The zero-order chi connectivity index (χ0) is 22.1. The Kier molecular flexibility index (Phi) is 6.53. The number of esters is 1. The standard InChI is InChI=1S/C22H21Cl2NO5/c1-13(28-4)30-25-20(26)18(16-11-10-15(23)12-17(16)24)19(22(25,2)3)29-21(27)14-8-6-5-7-9-14/h5-13H,1-4H3. The average molecular weight is 450 g/mol. The number of hydrogen-bond donors (Lipinski definition) is 0. The van der Waals surface area contributed by atoms with Crippen molar-refractivity contribution in [3.63, 3.8) is 0 Å². The Morgan fingerprint density at radius 1 is 1.10 bits per heavy atom. The van der Waals surface area contributed by atoms with E-state index in [-0.39, 0.29) is 16.4 Å². The van der Waals surface area contributed by atoms with Crippen LogP contribution in [0.25, 0.3) is 5.57 Å². The first-order valence-corrected chi connectivity index (χ1v) is 9.94. The Morgan fingerprint density at radius 3 is 2.37 bits per heavy atom. The summed E-state index contributed by atoms with van der Waals surface area (Å²) < 4.78 is 10.9. The van der Waals surface area contributed by atoms with Crippen LogP contribution in [0.4, 0.5) is 0 Å². The first-order valence-electron chi connectivity index (χ1n) is 9.18. The van der Waals surface area contributed by atoms with E-state index in [2.05, 4.69) is 0 Å². The Labute approximate surface area is 184 Å². The molecule has 0 bridgehead atoms. The topological polar surface area (TPSA) is 65.1 Å². The molecule has 1 unspecified atom stereocenters. The minimum atomic E-state index is -1.12. The molecule has 1 aliphatic heterocycles. The van der Waals surface area contributed by atoms with Gasteiger partial charge in [-0.15, -0.1) is 0 Å². The quantitative estimate of drug-likeness (QED) is 0.452. The number of benzene rings is 2. The van der Waals surface area contributed by atoms with Crippen LogP contribution >= 0.6 is 23.2 Å². The highest BCUT2D eigenvalue weighted by molar-refractivity contribution is 6.37. The lowest BCUT2D eigenvalue weighted by Crippen LogP contribution is -2.46. The van der Waals surface area contributed by atoms with Crippen molar-refractivity contribution >= 4 is 40.7 Å². The van der Waals surface area contributed by atoms with E-state index in [0.29, 0.717) is 16.1 Å². The smallest absolute Gasteiger partial charge is 0.343 e. The molecule has 0 N–H and O–H groups in total. The SMILES string of the molecule is COC(C)ON1C(=O)C(c2ccc(Cl)cc2Cl)=C(OC(=O)c2ccccc2)C1(C)C. The molecular weight excluding hydrogens is 429 g/mol. The summed E-state index contributed by atoms with van der Waals surface area (Å²) in [5.74, 6) is -0.992. The van der Waals surface area contributed by atoms with E-state index < -0.39 is 23.7 Å². The van der Waals surface area contributed by atoms with Crippen molar-refractivity contribution in [2.24, 2.45) is 0 Å². The maximum absolute atomic E-state index is 13.3. The number of rotatable bonds is 6. The molecule has 158 valence electrons. The summed E-state index contributed by atoms with van der Waals surface area (Å²) in [6, 6.07) is 13.2. The van der Waals surface area contributed by atoms with Crippen molar-refractivity contribution in [2.75, 3.05) is 7.11 Å². The summed E-state index contributed by atoms with van der Waals surface area (Å²) in [7, 11) is 1.46. The molecule has 1 heterocycles. The second kappa shape index (κ2) is 8.78. The third kappa shape index (κ3) is 4.23. The van der Waals surface area contributed by atoms with Gasteiger partial charge in [0.15, 0.2) is 6.29 Å². The molecule has 6 nitrogen and oxygen atoms in total. The summed E-state index contributed by atoms with van der Waals surface area (Å²) in [6.07, 6.45) is -0.709. The van der Waals surface area contributed by atoms with Gasteiger partial charge < -0.3 is 9.47 Å². The minimum absolute atomic E-state index is 0.119. The molecular formula is C22H21Cl2NO5. The van der Waals surface area contributed by atoms with Crippen LogP contribution in [0.1, 0.15) is 36.7 Å². The molecule has 0 aliphatic carbocycles. The lowest BCUT2D eigenvalue weighted by Gasteiger charge is -2.33. The normalized spacial score (nSPS) is 16.7. The Balaban J connectivity index is 2.12. The first kappa shape index (κ1) is 22.3. The third-order valence-electron chi connectivity index (χ3n) is 4.68. The summed E-state index contributed by atoms with van der Waals surface area (Å²) in [5, 5.41) is 1.80. The monoisotopic (exact) mass is 449 g/mol. The zero-order valence-corrected chi connectivity index (χ0v) is 18.5. The molecule has 1 aliphatic rings. The summed E-state index contributed by atoms with van der Waals surface area (Å²) in [5.41, 5.74) is -0.271. The van der Waals surface area contributed by atoms with Crippen LogP contribution in [-0.4, -0.2) is 35.9 Å². The van der Waals surface area contributed by atoms with Gasteiger partial charge in [-0.3, -0.25) is 4.79 Å². The number of halogens is 2. The number of methoxy groups -OCH3 is 1. The summed E-state index contributed by atoms with van der Waals surface area (Å²) in [6.45, 7) is 5.06. The van der Waals surface area contributed by atoms with Crippen molar-refractivity contribution in [3.8, 4) is 0 Å². The highest BCUT2D eigenvalue weighted by Crippen LogP contribution is 2.43. The van der Waals surface area contributed by atoms with Crippen LogP contribution in [0.5, 0.6) is 0 Å². The van der Waals surface area contributed by atoms with E-state index >= 15 is 0 Å². The fraction of sp³-hybridized carbons (Fsp3) is 0.273. The van der Waals surface area contributed by atoms with E-state index in [9.17, 15) is 9.59 Å². The van der Waals surface area contributed by atoms with E-state index in [1.165, 1.54) is 13.2 Å². The fourth-order valence-electron chi connectivity index (χ4n) is 3.05. The largest absolute Gasteiger partial charge is 0.424 e. The first-order chi connectivity index (χ1) is 14.2. The molecule has 0 spiro atoms. The van der Waals surface area contributed by atoms with E-state index in [4.69, 9.17) is 37.5 Å². The Hall–Kier alpha value is -2.38. The van der Waals surface area contributed by atoms with Crippen LogP contribution in [0.2, 0.25) is 10.0 Å². The third-order valence-corrected chi connectivity index (χ3v) is 5.23. The second-order valence-electron chi connectivity index (χ2n) is 7.15. The van der Waals surface area contributed by atoms with Crippen molar-refractivity contribution in [3.05, 3.63) is 75.5 Å². The van der Waals surface area contributed by atoms with Gasteiger partial charge in [0.05, 0.1) is 16.2 Å². The molecule has 0 saturated heterocycles. The number of ether oxygens (including phenoxy) is 2. The van der Waals surface area contributed by atoms with Gasteiger partial charge in [-0.05, 0) is 45.0 Å². The number of carbonyl (C=O) groups is 2. The Morgan fingerprint density at radius 2 is 1.77 bits per heavy atom. The average Bonchev–Trinajstić information content (AvgIpc) is 2.89. The highest BCUT2D eigenvalue weighted by atomic mass is 35.5. The van der Waals surface area contributed by atoms with Crippen LogP contribution in [-0.2, 0) is 19.1 Å². The molecule has 8 heteroatoms. The molecule has 2 aromatic rings. The number of nitrogens with zero attached hydrogens (tertiary/aromatic N) is 1. The van der Waals surface area contributed by atoms with Gasteiger partial charge in [-0.25, -0.2) is 14.7 Å². The van der Waals surface area contributed by atoms with Gasteiger partial charge in [-0.2, -0.15) is 0 Å². The van der Waals surface area contributed by atoms with Gasteiger partial charge >= 0.3 is 5.97 Å². The molecule has 0 radical (unpaired) electrons. The maximum Gasteiger partial charge on any atom is 0.343 e. The van der Waals surface area contributed by atoms with Crippen LogP contribution in [0, 0.1) is 0 Å². The van der Waals surface area contributed by atoms with Gasteiger partial charge in [0.25, 0.3) is 5.91 Å². The van der Waals surface area contributed by atoms with E-state index in [1.54, 1.807) is 63.2 Å². The fourth-order valence-corrected chi connectivity index (χ4v) is 3.56. The summed E-state index contributed by atoms with van der Waals surface area (Å²) >= 11 is 12.4. The number of hydroxylamine groups is 2. The molecule has 1 amide bonds. The number of amides is 1. The van der Waals surface area contributed by atoms with E-state index in [1.807, 2.05) is 0 Å². The van der Waals surface area contributed by atoms with Crippen LogP contribution < -0.4 is 0 Å². The minimum Gasteiger partial charge on any atom is -0.424 e. The van der Waals surface area contributed by atoms with Crippen molar-refractivity contribution in [2.45, 2.75) is 32.6 Å². The van der Waals surface area contributed by atoms with Crippen LogP contribution in [0.3, 0.4) is 0 Å². The van der Waals surface area contributed by atoms with Gasteiger partial charge in [0.2, 0.25) is 0 Å². The van der Waals surface area contributed by atoms with Crippen molar-refractivity contribution < 1.29 is 23.9 Å².